The topological polar surface area (TPSA) is 55.2 Å². The van der Waals surface area contributed by atoms with Crippen molar-refractivity contribution in [2.24, 2.45) is 0 Å². The number of nitrogens with zero attached hydrogens (tertiary/aromatic N) is 3. The van der Waals surface area contributed by atoms with E-state index in [-0.39, 0.29) is 6.04 Å². The molecule has 6 heteroatoms. The third-order valence-electron chi connectivity index (χ3n) is 4.37. The summed E-state index contributed by atoms with van der Waals surface area (Å²) in [5.41, 5.74) is 0.851. The molecule has 2 aromatic rings. The van der Waals surface area contributed by atoms with Crippen molar-refractivity contribution >= 4 is 10.0 Å². The molecule has 0 unspecified atom stereocenters. The second kappa shape index (κ2) is 6.22. The summed E-state index contributed by atoms with van der Waals surface area (Å²) in [6, 6.07) is 8.85. The second-order valence-electron chi connectivity index (χ2n) is 5.76. The van der Waals surface area contributed by atoms with Crippen molar-refractivity contribution in [1.82, 2.24) is 14.1 Å². The first kappa shape index (κ1) is 15.2. The molecule has 0 amide bonds. The van der Waals surface area contributed by atoms with Crippen molar-refractivity contribution in [3.63, 3.8) is 0 Å². The van der Waals surface area contributed by atoms with Gasteiger partial charge in [0.25, 0.3) is 0 Å². The number of benzene rings is 1. The predicted octanol–water partition coefficient (Wildman–Crippen LogP) is 2.83. The molecule has 0 N–H and O–H groups in total. The Morgan fingerprint density at radius 3 is 2.41 bits per heavy atom. The molecule has 0 aliphatic heterocycles. The van der Waals surface area contributed by atoms with Crippen molar-refractivity contribution in [1.29, 1.82) is 0 Å². The fourth-order valence-electron chi connectivity index (χ4n) is 3.00. The summed E-state index contributed by atoms with van der Waals surface area (Å²) >= 11 is 0. The zero-order valence-corrected chi connectivity index (χ0v) is 13.5. The van der Waals surface area contributed by atoms with Gasteiger partial charge in [0.2, 0.25) is 10.0 Å². The Labute approximate surface area is 131 Å². The fourth-order valence-corrected chi connectivity index (χ4v) is 4.42. The molecule has 1 aliphatic rings. The van der Waals surface area contributed by atoms with Gasteiger partial charge < -0.3 is 0 Å². The van der Waals surface area contributed by atoms with Crippen molar-refractivity contribution in [3.05, 3.63) is 42.7 Å². The number of sulfonamides is 1. The molecule has 1 saturated carbocycles. The average Bonchev–Trinajstić information content (AvgIpc) is 3.09. The average molecular weight is 319 g/mol. The van der Waals surface area contributed by atoms with Crippen LogP contribution in [0.3, 0.4) is 0 Å². The highest BCUT2D eigenvalue weighted by molar-refractivity contribution is 7.89. The minimum atomic E-state index is -3.42. The molecule has 0 atom stereocenters. The first-order valence-electron chi connectivity index (χ1n) is 7.67. The van der Waals surface area contributed by atoms with E-state index < -0.39 is 10.0 Å². The lowest BCUT2D eigenvalue weighted by Gasteiger charge is -2.30. The van der Waals surface area contributed by atoms with Gasteiger partial charge in [-0.15, -0.1) is 0 Å². The third kappa shape index (κ3) is 2.94. The summed E-state index contributed by atoms with van der Waals surface area (Å²) in [6.07, 6.45) is 8.88. The van der Waals surface area contributed by atoms with Crippen molar-refractivity contribution in [2.75, 3.05) is 7.05 Å². The van der Waals surface area contributed by atoms with E-state index in [1.807, 2.05) is 12.3 Å². The van der Waals surface area contributed by atoms with Crippen LogP contribution in [0.1, 0.15) is 32.1 Å². The number of aromatic nitrogens is 2. The Morgan fingerprint density at radius 2 is 1.82 bits per heavy atom. The smallest absolute Gasteiger partial charge is 0.241 e. The van der Waals surface area contributed by atoms with Crippen LogP contribution in [-0.4, -0.2) is 35.6 Å². The van der Waals surface area contributed by atoms with Crippen molar-refractivity contribution in [2.45, 2.75) is 43.0 Å². The highest BCUT2D eigenvalue weighted by Crippen LogP contribution is 2.26. The number of rotatable bonds is 4. The standard InChI is InChI=1S/C16H21N3O2S/c1-18(14-6-3-2-4-7-14)22(20,21)16-10-8-15(9-11-16)19-13-5-12-17-19/h5,8-14H,2-4,6-7H2,1H3. The first-order chi connectivity index (χ1) is 10.6. The molecule has 1 aromatic carbocycles. The van der Waals surface area contributed by atoms with Gasteiger partial charge in [-0.3, -0.25) is 0 Å². The van der Waals surface area contributed by atoms with Crippen LogP contribution in [0.5, 0.6) is 0 Å². The Bertz CT molecular complexity index is 702. The SMILES string of the molecule is CN(C1CCCCC1)S(=O)(=O)c1ccc(-n2cccn2)cc1. The maximum Gasteiger partial charge on any atom is 0.243 e. The molecule has 3 rings (SSSR count). The lowest BCUT2D eigenvalue weighted by Crippen LogP contribution is -2.38. The molecule has 0 spiro atoms. The van der Waals surface area contributed by atoms with E-state index in [1.165, 1.54) is 6.42 Å². The molecule has 0 bridgehead atoms. The molecular weight excluding hydrogens is 298 g/mol. The third-order valence-corrected chi connectivity index (χ3v) is 6.30. The molecular formula is C16H21N3O2S. The van der Waals surface area contributed by atoms with E-state index in [9.17, 15) is 8.42 Å². The lowest BCUT2D eigenvalue weighted by molar-refractivity contribution is 0.286. The number of hydrogen-bond acceptors (Lipinski definition) is 3. The van der Waals surface area contributed by atoms with Gasteiger partial charge in [-0.05, 0) is 43.2 Å². The van der Waals surface area contributed by atoms with Gasteiger partial charge >= 0.3 is 0 Å². The van der Waals surface area contributed by atoms with Crippen LogP contribution in [0.2, 0.25) is 0 Å². The quantitative estimate of drug-likeness (QED) is 0.871. The summed E-state index contributed by atoms with van der Waals surface area (Å²) in [4.78, 5) is 0.344. The van der Waals surface area contributed by atoms with Crippen molar-refractivity contribution < 1.29 is 8.42 Å². The van der Waals surface area contributed by atoms with Gasteiger partial charge in [0.15, 0.2) is 0 Å². The summed E-state index contributed by atoms with van der Waals surface area (Å²) < 4.78 is 28.7. The Kier molecular flexibility index (Phi) is 4.31. The van der Waals surface area contributed by atoms with Gasteiger partial charge in [-0.1, -0.05) is 19.3 Å². The fraction of sp³-hybridized carbons (Fsp3) is 0.438. The Morgan fingerprint density at radius 1 is 1.14 bits per heavy atom. The van der Waals surface area contributed by atoms with E-state index in [4.69, 9.17) is 0 Å². The summed E-state index contributed by atoms with van der Waals surface area (Å²) in [6.45, 7) is 0. The monoisotopic (exact) mass is 319 g/mol. The van der Waals surface area contributed by atoms with E-state index in [0.29, 0.717) is 4.90 Å². The van der Waals surface area contributed by atoms with Crippen LogP contribution in [0.4, 0.5) is 0 Å². The van der Waals surface area contributed by atoms with Crippen molar-refractivity contribution in [3.8, 4) is 5.69 Å². The normalized spacial score (nSPS) is 17.0. The van der Waals surface area contributed by atoms with Crippen LogP contribution >= 0.6 is 0 Å². The predicted molar refractivity (Wildman–Crippen MR) is 85.4 cm³/mol. The van der Waals surface area contributed by atoms with Crippen LogP contribution in [0, 0.1) is 0 Å². The van der Waals surface area contributed by atoms with Crippen LogP contribution in [-0.2, 0) is 10.0 Å². The van der Waals surface area contributed by atoms with E-state index in [1.54, 1.807) is 46.5 Å². The molecule has 1 fully saturated rings. The minimum Gasteiger partial charge on any atom is -0.241 e. The van der Waals surface area contributed by atoms with Gasteiger partial charge in [0.05, 0.1) is 10.6 Å². The maximum atomic E-state index is 12.7. The summed E-state index contributed by atoms with van der Waals surface area (Å²) in [5.74, 6) is 0. The zero-order valence-electron chi connectivity index (χ0n) is 12.7. The molecule has 0 saturated heterocycles. The van der Waals surface area contributed by atoms with Gasteiger partial charge in [0, 0.05) is 25.5 Å². The molecule has 22 heavy (non-hydrogen) atoms. The minimum absolute atomic E-state index is 0.129. The maximum absolute atomic E-state index is 12.7. The molecule has 0 radical (unpaired) electrons. The van der Waals surface area contributed by atoms with Crippen LogP contribution in [0.15, 0.2) is 47.6 Å². The first-order valence-corrected chi connectivity index (χ1v) is 9.11. The molecule has 1 aliphatic carbocycles. The summed E-state index contributed by atoms with van der Waals surface area (Å²) in [5, 5.41) is 4.14. The molecule has 1 aromatic heterocycles. The molecule has 118 valence electrons. The number of hydrogen-bond donors (Lipinski definition) is 0. The van der Waals surface area contributed by atoms with E-state index in [2.05, 4.69) is 5.10 Å². The van der Waals surface area contributed by atoms with Crippen LogP contribution in [0.25, 0.3) is 5.69 Å². The highest BCUT2D eigenvalue weighted by atomic mass is 32.2. The van der Waals surface area contributed by atoms with Gasteiger partial charge in [-0.2, -0.15) is 9.40 Å². The summed E-state index contributed by atoms with van der Waals surface area (Å²) in [7, 11) is -1.72. The lowest BCUT2D eigenvalue weighted by atomic mass is 9.96. The molecule has 1 heterocycles. The Balaban J connectivity index is 1.82. The van der Waals surface area contributed by atoms with Gasteiger partial charge in [0.1, 0.15) is 0 Å². The second-order valence-corrected chi connectivity index (χ2v) is 7.76. The Hall–Kier alpha value is -1.66. The van der Waals surface area contributed by atoms with E-state index in [0.717, 1.165) is 31.4 Å². The zero-order chi connectivity index (χ0) is 15.6. The highest BCUT2D eigenvalue weighted by Gasteiger charge is 2.28. The van der Waals surface area contributed by atoms with E-state index >= 15 is 0 Å². The van der Waals surface area contributed by atoms with Crippen LogP contribution < -0.4 is 0 Å². The molecule has 5 nitrogen and oxygen atoms in total. The van der Waals surface area contributed by atoms with Gasteiger partial charge in [-0.25, -0.2) is 13.1 Å². The largest absolute Gasteiger partial charge is 0.243 e.